The fourth-order valence-electron chi connectivity index (χ4n) is 0. The molecule has 0 rings (SSSR count). The van der Waals surface area contributed by atoms with Gasteiger partial charge < -0.3 is 12.3 Å². The molecule has 3 heteroatoms. The third-order valence-electron chi connectivity index (χ3n) is 0. The van der Waals surface area contributed by atoms with Crippen LogP contribution < -0.4 is 12.3 Å². The zero-order valence-electron chi connectivity index (χ0n) is 4.00. The van der Waals surface area contributed by atoms with Gasteiger partial charge in [0.2, 0.25) is 0 Å². The van der Waals surface area contributed by atoms with E-state index in [-0.39, 0.29) is 29.4 Å². The predicted molar refractivity (Wildman–Crippen MR) is 25.9 cm³/mol. The van der Waals surface area contributed by atoms with Crippen LogP contribution in [0.5, 0.6) is 0 Å². The molecule has 0 aliphatic carbocycles. The van der Waals surface area contributed by atoms with Crippen LogP contribution in [0.2, 0.25) is 0 Å². The van der Waals surface area contributed by atoms with Gasteiger partial charge in [0, 0.05) is 17.1 Å². The first-order valence-corrected chi connectivity index (χ1v) is 0.986. The van der Waals surface area contributed by atoms with Crippen LogP contribution in [-0.4, -0.2) is 0 Å². The van der Waals surface area contributed by atoms with E-state index >= 15 is 0 Å². The Morgan fingerprint density at radius 3 is 1.33 bits per heavy atom. The van der Waals surface area contributed by atoms with Gasteiger partial charge >= 0.3 is 0 Å². The van der Waals surface area contributed by atoms with Crippen molar-refractivity contribution in [2.75, 3.05) is 0 Å². The average molecular weight is 140 g/mol. The molecule has 0 saturated heterocycles. The maximum Gasteiger partial charge on any atom is 0 e. The summed E-state index contributed by atoms with van der Waals surface area (Å²) in [7, 11) is 0. The van der Waals surface area contributed by atoms with Gasteiger partial charge in [-0.3, -0.25) is 0 Å². The van der Waals surface area contributed by atoms with Crippen LogP contribution in [0.25, 0.3) is 0 Å². The minimum absolute atomic E-state index is 0. The minimum atomic E-state index is 0. The van der Waals surface area contributed by atoms with E-state index in [2.05, 4.69) is 6.58 Å². The molecular weight excluding hydrogens is 128 g/mol. The zero-order valence-corrected chi connectivity index (χ0v) is 4.94. The van der Waals surface area contributed by atoms with Crippen molar-refractivity contribution in [1.29, 1.82) is 0 Å². The Bertz CT molecular complexity index is 16.3. The summed E-state index contributed by atoms with van der Waals surface area (Å²) in [5, 5.41) is 0. The van der Waals surface area contributed by atoms with Crippen molar-refractivity contribution in [2.45, 2.75) is 6.92 Å². The number of hydrogen-bond donors (Lipinski definition) is 2. The summed E-state index contributed by atoms with van der Waals surface area (Å²) in [5.74, 6) is 0. The quantitative estimate of drug-likeness (QED) is 0.395. The number of allylic oxidation sites excluding steroid dienone is 1. The Balaban J connectivity index is -0.00000000667. The number of rotatable bonds is 0. The Kier molecular flexibility index (Phi) is 378. The van der Waals surface area contributed by atoms with Gasteiger partial charge in [-0.15, -0.1) is 6.58 Å². The van der Waals surface area contributed by atoms with Gasteiger partial charge in [0.05, 0.1) is 0 Å². The van der Waals surface area contributed by atoms with E-state index in [0.717, 1.165) is 0 Å². The topological polar surface area (TPSA) is 70.0 Å². The first-order valence-electron chi connectivity index (χ1n) is 0.986. The van der Waals surface area contributed by atoms with Gasteiger partial charge in [-0.2, -0.15) is 0 Å². The van der Waals surface area contributed by atoms with Crippen molar-refractivity contribution in [1.82, 2.24) is 12.3 Å². The molecule has 0 heterocycles. The summed E-state index contributed by atoms with van der Waals surface area (Å²) in [5.41, 5.74) is 0. The molecule has 0 saturated carbocycles. The van der Waals surface area contributed by atoms with Crippen LogP contribution in [0, 0.1) is 0 Å². The fraction of sp³-hybridized carbons (Fsp3) is 0.333. The van der Waals surface area contributed by atoms with Crippen LogP contribution >= 0.6 is 0 Å². The van der Waals surface area contributed by atoms with Gasteiger partial charge in [-0.25, -0.2) is 0 Å². The molecule has 0 aromatic carbocycles. The molecule has 0 unspecified atom stereocenters. The Hall–Kier alpha value is 0.179. The number of hydrogen-bond acceptors (Lipinski definition) is 2. The third kappa shape index (κ3) is 1310. The summed E-state index contributed by atoms with van der Waals surface area (Å²) in [6.07, 6.45) is 1.75. The van der Waals surface area contributed by atoms with Crippen molar-refractivity contribution in [3.63, 3.8) is 0 Å². The molecule has 1 radical (unpaired) electrons. The van der Waals surface area contributed by atoms with Crippen molar-refractivity contribution in [2.24, 2.45) is 0 Å². The third-order valence-corrected chi connectivity index (χ3v) is 0. The van der Waals surface area contributed by atoms with Crippen LogP contribution in [-0.2, 0) is 17.1 Å². The Morgan fingerprint density at radius 1 is 1.33 bits per heavy atom. The minimum Gasteiger partial charge on any atom is -0.344 e. The van der Waals surface area contributed by atoms with E-state index in [1.54, 1.807) is 6.08 Å². The second-order valence-corrected chi connectivity index (χ2v) is 0.408. The predicted octanol–water partition coefficient (Wildman–Crippen LogP) is 1.51. The summed E-state index contributed by atoms with van der Waals surface area (Å²) < 4.78 is 0. The standard InChI is InChI=1S/C3H6.Cu.2H3N/c1-3-2;;;/h3H,1H2,2H3;;2*1H3. The van der Waals surface area contributed by atoms with Crippen molar-refractivity contribution in [3.8, 4) is 0 Å². The summed E-state index contributed by atoms with van der Waals surface area (Å²) in [6.45, 7) is 5.25. The maximum absolute atomic E-state index is 3.36. The van der Waals surface area contributed by atoms with Gasteiger partial charge in [0.1, 0.15) is 0 Å². The molecule has 6 heavy (non-hydrogen) atoms. The molecule has 2 nitrogen and oxygen atoms in total. The van der Waals surface area contributed by atoms with Crippen LogP contribution in [0.15, 0.2) is 12.7 Å². The first-order chi connectivity index (χ1) is 1.41. The van der Waals surface area contributed by atoms with E-state index in [0.29, 0.717) is 0 Å². The molecule has 0 aromatic rings. The van der Waals surface area contributed by atoms with Crippen molar-refractivity contribution < 1.29 is 17.1 Å². The van der Waals surface area contributed by atoms with Crippen LogP contribution in [0.4, 0.5) is 0 Å². The monoisotopic (exact) mass is 139 g/mol. The Labute approximate surface area is 49.6 Å². The smallest absolute Gasteiger partial charge is 0 e. The molecule has 0 atom stereocenters. The molecule has 45 valence electrons. The van der Waals surface area contributed by atoms with E-state index in [1.807, 2.05) is 6.92 Å². The summed E-state index contributed by atoms with van der Waals surface area (Å²) >= 11 is 0. The second kappa shape index (κ2) is 65.0. The normalized spacial score (nSPS) is 2.17. The van der Waals surface area contributed by atoms with E-state index < -0.39 is 0 Å². The fourth-order valence-corrected chi connectivity index (χ4v) is 0. The molecule has 0 amide bonds. The second-order valence-electron chi connectivity index (χ2n) is 0.408. The molecule has 0 bridgehead atoms. The summed E-state index contributed by atoms with van der Waals surface area (Å²) in [4.78, 5) is 0. The van der Waals surface area contributed by atoms with Gasteiger partial charge in [0.15, 0.2) is 0 Å². The zero-order chi connectivity index (χ0) is 2.71. The van der Waals surface area contributed by atoms with Gasteiger partial charge in [-0.1, -0.05) is 6.08 Å². The molecule has 6 N–H and O–H groups in total. The van der Waals surface area contributed by atoms with Crippen molar-refractivity contribution in [3.05, 3.63) is 12.7 Å². The van der Waals surface area contributed by atoms with Gasteiger partial charge in [0.25, 0.3) is 0 Å². The molecule has 0 aliphatic heterocycles. The van der Waals surface area contributed by atoms with Crippen LogP contribution in [0.1, 0.15) is 6.92 Å². The maximum atomic E-state index is 3.36. The summed E-state index contributed by atoms with van der Waals surface area (Å²) in [6, 6.07) is 0. The average Bonchev–Trinajstić information content (AvgIpc) is 0.918. The van der Waals surface area contributed by atoms with E-state index in [9.17, 15) is 0 Å². The molecule has 0 fully saturated rings. The SMILES string of the molecule is C=CC.N.N.[Cu]. The Morgan fingerprint density at radius 2 is 1.33 bits per heavy atom. The van der Waals surface area contributed by atoms with Crippen LogP contribution in [0.3, 0.4) is 0 Å². The molecule has 0 aliphatic rings. The molecule has 0 spiro atoms. The van der Waals surface area contributed by atoms with E-state index in [1.165, 1.54) is 0 Å². The van der Waals surface area contributed by atoms with E-state index in [4.69, 9.17) is 0 Å². The first kappa shape index (κ1) is 34.9. The molecule has 0 aromatic heterocycles. The van der Waals surface area contributed by atoms with Gasteiger partial charge in [-0.05, 0) is 6.92 Å². The van der Waals surface area contributed by atoms with Crippen molar-refractivity contribution >= 4 is 0 Å². The largest absolute Gasteiger partial charge is 0.344 e. The molecular formula is C3H12CuN2.